The number of carbonyl (C=O) groups excluding carboxylic acids is 1. The fourth-order valence-corrected chi connectivity index (χ4v) is 3.51. The van der Waals surface area contributed by atoms with Gasteiger partial charge in [0, 0.05) is 17.1 Å². The van der Waals surface area contributed by atoms with E-state index in [4.69, 9.17) is 9.47 Å². The summed E-state index contributed by atoms with van der Waals surface area (Å²) in [7, 11) is 0. The first-order chi connectivity index (χ1) is 13.3. The van der Waals surface area contributed by atoms with Crippen molar-refractivity contribution in [3.63, 3.8) is 0 Å². The average molecular weight is 353 g/mol. The summed E-state index contributed by atoms with van der Waals surface area (Å²) in [6, 6.07) is 26.4. The number of para-hydroxylation sites is 1. The Kier molecular flexibility index (Phi) is 3.44. The Bertz CT molecular complexity index is 1150. The zero-order valence-electron chi connectivity index (χ0n) is 14.3. The topological polar surface area (TPSA) is 48.4 Å². The van der Waals surface area contributed by atoms with Crippen LogP contribution in [-0.2, 0) is 10.5 Å². The first kappa shape index (κ1) is 15.6. The van der Waals surface area contributed by atoms with Gasteiger partial charge >= 0.3 is 11.8 Å². The molecule has 27 heavy (non-hydrogen) atoms. The molecule has 1 atom stereocenters. The molecule has 0 N–H and O–H groups in total. The van der Waals surface area contributed by atoms with E-state index in [0.29, 0.717) is 16.9 Å². The predicted molar refractivity (Wildman–Crippen MR) is 101 cm³/mol. The minimum atomic E-state index is -1.35. The van der Waals surface area contributed by atoms with Crippen LogP contribution in [0.4, 0.5) is 0 Å². The Morgan fingerprint density at radius 2 is 1.59 bits per heavy atom. The Balaban J connectivity index is 1.75. The lowest BCUT2D eigenvalue weighted by atomic mass is 9.95. The van der Waals surface area contributed by atoms with Crippen LogP contribution in [0.25, 0.3) is 10.9 Å². The van der Waals surface area contributed by atoms with Crippen molar-refractivity contribution >= 4 is 16.9 Å². The van der Waals surface area contributed by atoms with Crippen LogP contribution in [0, 0.1) is 0 Å². The number of cyclic esters (lactones) is 1. The molecule has 0 radical (unpaired) electrons. The van der Waals surface area contributed by atoms with Gasteiger partial charge in [-0.25, -0.2) is 4.79 Å². The van der Waals surface area contributed by atoms with Gasteiger partial charge in [0.05, 0.1) is 11.1 Å². The molecule has 4 nitrogen and oxygen atoms in total. The van der Waals surface area contributed by atoms with Gasteiger partial charge in [0.15, 0.2) is 5.75 Å². The number of pyridine rings is 1. The van der Waals surface area contributed by atoms with E-state index >= 15 is 0 Å². The van der Waals surface area contributed by atoms with E-state index < -0.39 is 11.8 Å². The molecule has 0 saturated heterocycles. The predicted octanol–water partition coefficient (Wildman–Crippen LogP) is 4.69. The number of fused-ring (bicyclic) bond motifs is 2. The van der Waals surface area contributed by atoms with E-state index in [1.54, 1.807) is 12.3 Å². The Labute approximate surface area is 156 Å². The summed E-state index contributed by atoms with van der Waals surface area (Å²) in [4.78, 5) is 17.0. The Hall–Kier alpha value is -3.66. The highest BCUT2D eigenvalue weighted by molar-refractivity contribution is 5.95. The van der Waals surface area contributed by atoms with Crippen molar-refractivity contribution in [1.82, 2.24) is 4.98 Å². The maximum Gasteiger partial charge on any atom is 0.342 e. The van der Waals surface area contributed by atoms with Gasteiger partial charge in [-0.15, -0.1) is 0 Å². The van der Waals surface area contributed by atoms with E-state index in [-0.39, 0.29) is 0 Å². The number of nitrogens with zero attached hydrogens (tertiary/aromatic N) is 1. The van der Waals surface area contributed by atoms with Crippen LogP contribution in [0.5, 0.6) is 5.75 Å². The minimum absolute atomic E-state index is 0.400. The summed E-state index contributed by atoms with van der Waals surface area (Å²) < 4.78 is 12.3. The van der Waals surface area contributed by atoms with E-state index in [1.165, 1.54) is 0 Å². The molecule has 0 fully saturated rings. The molecule has 5 rings (SSSR count). The molecule has 130 valence electrons. The number of aromatic nitrogens is 1. The quantitative estimate of drug-likeness (QED) is 0.502. The van der Waals surface area contributed by atoms with E-state index in [9.17, 15) is 4.79 Å². The summed E-state index contributed by atoms with van der Waals surface area (Å²) in [5, 5.41) is 0.954. The standard InChI is InChI=1S/C23H15NO3/c25-22-18-12-4-5-13-19(18)23(27-22,17-10-2-1-3-11-17)26-20-14-6-8-16-9-7-15-24-21(16)20/h1-15H. The second-order valence-electron chi connectivity index (χ2n) is 6.35. The molecule has 1 aliphatic heterocycles. The smallest absolute Gasteiger partial charge is 0.342 e. The lowest BCUT2D eigenvalue weighted by Crippen LogP contribution is -2.35. The molecule has 0 saturated carbocycles. The van der Waals surface area contributed by atoms with Gasteiger partial charge < -0.3 is 9.47 Å². The maximum absolute atomic E-state index is 12.6. The molecule has 0 spiro atoms. The van der Waals surface area contributed by atoms with E-state index in [2.05, 4.69) is 4.98 Å². The van der Waals surface area contributed by atoms with Crippen LogP contribution in [0.1, 0.15) is 21.5 Å². The highest BCUT2D eigenvalue weighted by Gasteiger charge is 2.49. The van der Waals surface area contributed by atoms with E-state index in [0.717, 1.165) is 16.5 Å². The zero-order valence-corrected chi connectivity index (χ0v) is 14.3. The third kappa shape index (κ3) is 2.38. The van der Waals surface area contributed by atoms with Crippen molar-refractivity contribution in [1.29, 1.82) is 0 Å². The van der Waals surface area contributed by atoms with Crippen molar-refractivity contribution in [2.75, 3.05) is 0 Å². The van der Waals surface area contributed by atoms with Crippen molar-refractivity contribution in [2.45, 2.75) is 5.79 Å². The van der Waals surface area contributed by atoms with Crippen molar-refractivity contribution in [3.05, 3.63) is 108 Å². The van der Waals surface area contributed by atoms with Crippen LogP contribution in [0.2, 0.25) is 0 Å². The maximum atomic E-state index is 12.6. The number of benzene rings is 3. The van der Waals surface area contributed by atoms with Crippen LogP contribution >= 0.6 is 0 Å². The average Bonchev–Trinajstić information content (AvgIpc) is 3.02. The summed E-state index contributed by atoms with van der Waals surface area (Å²) in [5.74, 6) is -1.19. The highest BCUT2D eigenvalue weighted by Crippen LogP contribution is 2.44. The largest absolute Gasteiger partial charge is 0.442 e. The molecule has 0 aliphatic carbocycles. The lowest BCUT2D eigenvalue weighted by Gasteiger charge is -2.30. The summed E-state index contributed by atoms with van der Waals surface area (Å²) >= 11 is 0. The lowest BCUT2D eigenvalue weighted by molar-refractivity contribution is -0.108. The second kappa shape index (κ2) is 5.95. The highest BCUT2D eigenvalue weighted by atomic mass is 16.7. The van der Waals surface area contributed by atoms with Gasteiger partial charge in [-0.3, -0.25) is 4.98 Å². The molecule has 3 aromatic carbocycles. The van der Waals surface area contributed by atoms with Gasteiger partial charge in [-0.1, -0.05) is 60.7 Å². The first-order valence-electron chi connectivity index (χ1n) is 8.69. The van der Waals surface area contributed by atoms with Gasteiger partial charge in [-0.2, -0.15) is 0 Å². The van der Waals surface area contributed by atoms with Crippen LogP contribution in [-0.4, -0.2) is 11.0 Å². The molecule has 4 aromatic rings. The normalized spacial score (nSPS) is 18.1. The van der Waals surface area contributed by atoms with Gasteiger partial charge in [-0.05, 0) is 24.3 Å². The fourth-order valence-electron chi connectivity index (χ4n) is 3.51. The Morgan fingerprint density at radius 3 is 2.48 bits per heavy atom. The SMILES string of the molecule is O=C1OC(Oc2cccc3cccnc23)(c2ccccc2)c2ccccc21. The molecule has 2 heterocycles. The zero-order chi connectivity index (χ0) is 18.3. The number of rotatable bonds is 3. The Morgan fingerprint density at radius 1 is 0.815 bits per heavy atom. The van der Waals surface area contributed by atoms with Crippen LogP contribution in [0.3, 0.4) is 0 Å². The summed E-state index contributed by atoms with van der Waals surface area (Å²) in [6.07, 6.45) is 1.72. The molecule has 0 bridgehead atoms. The third-order valence-electron chi connectivity index (χ3n) is 4.74. The first-order valence-corrected chi connectivity index (χ1v) is 8.69. The third-order valence-corrected chi connectivity index (χ3v) is 4.74. The van der Waals surface area contributed by atoms with Crippen molar-refractivity contribution in [2.24, 2.45) is 0 Å². The summed E-state index contributed by atoms with van der Waals surface area (Å²) in [6.45, 7) is 0. The molecular formula is C23H15NO3. The van der Waals surface area contributed by atoms with E-state index in [1.807, 2.05) is 78.9 Å². The second-order valence-corrected chi connectivity index (χ2v) is 6.35. The summed E-state index contributed by atoms with van der Waals surface area (Å²) in [5.41, 5.74) is 2.66. The number of carbonyl (C=O) groups is 1. The molecule has 1 aliphatic rings. The number of hydrogen-bond donors (Lipinski definition) is 0. The molecule has 1 unspecified atom stereocenters. The molecule has 0 amide bonds. The number of hydrogen-bond acceptors (Lipinski definition) is 4. The minimum Gasteiger partial charge on any atom is -0.442 e. The van der Waals surface area contributed by atoms with Crippen LogP contribution in [0.15, 0.2) is 91.1 Å². The number of ether oxygens (including phenoxy) is 2. The molecular weight excluding hydrogens is 338 g/mol. The van der Waals surface area contributed by atoms with Gasteiger partial charge in [0.25, 0.3) is 0 Å². The molecule has 4 heteroatoms. The number of esters is 1. The van der Waals surface area contributed by atoms with Gasteiger partial charge in [0.2, 0.25) is 0 Å². The van der Waals surface area contributed by atoms with Gasteiger partial charge in [0.1, 0.15) is 5.52 Å². The molecule has 1 aromatic heterocycles. The van der Waals surface area contributed by atoms with Crippen molar-refractivity contribution in [3.8, 4) is 5.75 Å². The van der Waals surface area contributed by atoms with Crippen LogP contribution < -0.4 is 4.74 Å². The van der Waals surface area contributed by atoms with Crippen molar-refractivity contribution < 1.29 is 14.3 Å². The fraction of sp³-hybridized carbons (Fsp3) is 0.0435. The monoisotopic (exact) mass is 353 g/mol.